The smallest absolute Gasteiger partial charge is 0.282 e. The van der Waals surface area contributed by atoms with Gasteiger partial charge in [-0.25, -0.2) is 10.4 Å². The third-order valence-corrected chi connectivity index (χ3v) is 3.27. The predicted octanol–water partition coefficient (Wildman–Crippen LogP) is 2.70. The number of methoxy groups -OCH3 is 2. The maximum absolute atomic E-state index is 5.95. The second-order valence-corrected chi connectivity index (χ2v) is 6.18. The van der Waals surface area contributed by atoms with Crippen molar-refractivity contribution in [2.24, 2.45) is 0 Å². The summed E-state index contributed by atoms with van der Waals surface area (Å²) >= 11 is 17.8. The van der Waals surface area contributed by atoms with Crippen LogP contribution >= 0.6 is 34.8 Å². The molecule has 0 radical (unpaired) electrons. The number of hydrogen-bond acceptors (Lipinski definition) is 5. The maximum Gasteiger partial charge on any atom is 0.282 e. The lowest BCUT2D eigenvalue weighted by Gasteiger charge is -2.36. The number of nitrogens with one attached hydrogen (secondary N) is 2. The van der Waals surface area contributed by atoms with E-state index in [4.69, 9.17) is 44.3 Å². The van der Waals surface area contributed by atoms with Crippen molar-refractivity contribution >= 4 is 40.5 Å². The molecular formula is C12H14Cl3N3O2. The lowest BCUT2D eigenvalue weighted by Crippen LogP contribution is -2.54. The van der Waals surface area contributed by atoms with Gasteiger partial charge in [-0.15, -0.1) is 0 Å². The normalized spacial score (nSPS) is 15.8. The molecule has 0 bridgehead atoms. The van der Waals surface area contributed by atoms with Crippen LogP contribution in [-0.4, -0.2) is 29.7 Å². The monoisotopic (exact) mass is 337 g/mol. The van der Waals surface area contributed by atoms with Crippen molar-refractivity contribution < 1.29 is 9.47 Å². The van der Waals surface area contributed by atoms with Crippen LogP contribution < -0.4 is 20.4 Å². The SMILES string of the molecule is COc1ccc(C2=CCNNN2C(Cl)(Cl)Cl)cc1OC. The van der Waals surface area contributed by atoms with Gasteiger partial charge in [-0.2, -0.15) is 5.53 Å². The van der Waals surface area contributed by atoms with E-state index in [1.54, 1.807) is 20.3 Å². The van der Waals surface area contributed by atoms with Crippen molar-refractivity contribution in [2.75, 3.05) is 20.8 Å². The fourth-order valence-electron chi connectivity index (χ4n) is 1.87. The van der Waals surface area contributed by atoms with Gasteiger partial charge >= 0.3 is 0 Å². The van der Waals surface area contributed by atoms with Gasteiger partial charge in [0.1, 0.15) is 0 Å². The number of nitrogens with zero attached hydrogens (tertiary/aromatic N) is 1. The van der Waals surface area contributed by atoms with E-state index in [2.05, 4.69) is 11.0 Å². The van der Waals surface area contributed by atoms with Crippen molar-refractivity contribution in [3.8, 4) is 11.5 Å². The molecule has 0 unspecified atom stereocenters. The van der Waals surface area contributed by atoms with Crippen molar-refractivity contribution in [3.63, 3.8) is 0 Å². The Balaban J connectivity index is 2.41. The molecule has 0 saturated carbocycles. The molecule has 2 rings (SSSR count). The average molecular weight is 339 g/mol. The van der Waals surface area contributed by atoms with Gasteiger partial charge in [0, 0.05) is 12.1 Å². The Labute approximate surface area is 132 Å². The van der Waals surface area contributed by atoms with Crippen LogP contribution in [0.3, 0.4) is 0 Å². The van der Waals surface area contributed by atoms with E-state index in [0.717, 1.165) is 11.3 Å². The van der Waals surface area contributed by atoms with E-state index in [9.17, 15) is 0 Å². The minimum absolute atomic E-state index is 0.598. The minimum Gasteiger partial charge on any atom is -0.493 e. The lowest BCUT2D eigenvalue weighted by atomic mass is 10.1. The Bertz CT molecular complexity index is 517. The van der Waals surface area contributed by atoms with Crippen molar-refractivity contribution in [1.29, 1.82) is 0 Å². The van der Waals surface area contributed by atoms with Crippen LogP contribution in [0.5, 0.6) is 11.5 Å². The van der Waals surface area contributed by atoms with Crippen molar-refractivity contribution in [2.45, 2.75) is 3.92 Å². The van der Waals surface area contributed by atoms with Crippen LogP contribution in [-0.2, 0) is 0 Å². The molecular weight excluding hydrogens is 325 g/mol. The zero-order valence-corrected chi connectivity index (χ0v) is 13.2. The van der Waals surface area contributed by atoms with Crippen molar-refractivity contribution in [3.05, 3.63) is 29.8 Å². The van der Waals surface area contributed by atoms with Crippen LogP contribution in [0, 0.1) is 0 Å². The van der Waals surface area contributed by atoms with E-state index < -0.39 is 3.92 Å². The van der Waals surface area contributed by atoms with Crippen LogP contribution in [0.1, 0.15) is 5.56 Å². The molecule has 20 heavy (non-hydrogen) atoms. The summed E-state index contributed by atoms with van der Waals surface area (Å²) in [6, 6.07) is 5.48. The molecule has 0 atom stereocenters. The molecule has 0 aliphatic carbocycles. The quantitative estimate of drug-likeness (QED) is 0.655. The second kappa shape index (κ2) is 6.28. The lowest BCUT2D eigenvalue weighted by molar-refractivity contribution is 0.232. The molecule has 1 aromatic carbocycles. The zero-order valence-electron chi connectivity index (χ0n) is 10.9. The molecule has 0 amide bonds. The largest absolute Gasteiger partial charge is 0.493 e. The number of halogens is 3. The fraction of sp³-hybridized carbons (Fsp3) is 0.333. The summed E-state index contributed by atoms with van der Waals surface area (Å²) in [5.74, 6) is 1.24. The van der Waals surface area contributed by atoms with Crippen LogP contribution in [0.4, 0.5) is 0 Å². The minimum atomic E-state index is -1.63. The first kappa shape index (κ1) is 15.5. The highest BCUT2D eigenvalue weighted by Crippen LogP contribution is 2.38. The summed E-state index contributed by atoms with van der Waals surface area (Å²) < 4.78 is 8.86. The Kier molecular flexibility index (Phi) is 4.88. The molecule has 0 saturated heterocycles. The Morgan fingerprint density at radius 1 is 1.15 bits per heavy atom. The molecule has 110 valence electrons. The summed E-state index contributed by atoms with van der Waals surface area (Å²) in [5.41, 5.74) is 7.27. The van der Waals surface area contributed by atoms with Crippen molar-refractivity contribution in [1.82, 2.24) is 16.0 Å². The summed E-state index contributed by atoms with van der Waals surface area (Å²) in [7, 11) is 3.15. The summed E-state index contributed by atoms with van der Waals surface area (Å²) in [6.45, 7) is 0.598. The van der Waals surface area contributed by atoms with Gasteiger partial charge in [-0.05, 0) is 24.3 Å². The van der Waals surface area contributed by atoms with E-state index in [0.29, 0.717) is 18.0 Å². The summed E-state index contributed by atoms with van der Waals surface area (Å²) in [4.78, 5) is 0. The van der Waals surface area contributed by atoms with E-state index in [-0.39, 0.29) is 0 Å². The molecule has 5 nitrogen and oxygen atoms in total. The Morgan fingerprint density at radius 2 is 1.85 bits per heavy atom. The van der Waals surface area contributed by atoms with Gasteiger partial charge in [0.25, 0.3) is 3.92 Å². The van der Waals surface area contributed by atoms with E-state index >= 15 is 0 Å². The maximum atomic E-state index is 5.95. The molecule has 2 N–H and O–H groups in total. The molecule has 0 fully saturated rings. The summed E-state index contributed by atoms with van der Waals surface area (Å²) in [6.07, 6.45) is 1.90. The first-order valence-electron chi connectivity index (χ1n) is 5.75. The second-order valence-electron chi connectivity index (χ2n) is 3.96. The van der Waals surface area contributed by atoms with Gasteiger partial charge in [-0.3, -0.25) is 0 Å². The van der Waals surface area contributed by atoms with Gasteiger partial charge in [-0.1, -0.05) is 34.8 Å². The first-order valence-corrected chi connectivity index (χ1v) is 6.88. The fourth-order valence-corrected chi connectivity index (χ4v) is 2.27. The highest BCUT2D eigenvalue weighted by atomic mass is 35.6. The van der Waals surface area contributed by atoms with Crippen LogP contribution in [0.15, 0.2) is 24.3 Å². The summed E-state index contributed by atoms with van der Waals surface area (Å²) in [5, 5.41) is 1.41. The molecule has 0 aromatic heterocycles. The first-order chi connectivity index (χ1) is 9.47. The number of rotatable bonds is 3. The van der Waals surface area contributed by atoms with Crippen LogP contribution in [0.2, 0.25) is 0 Å². The number of ether oxygens (including phenoxy) is 2. The molecule has 1 heterocycles. The average Bonchev–Trinajstić information content (AvgIpc) is 2.45. The molecule has 1 aromatic rings. The highest BCUT2D eigenvalue weighted by molar-refractivity contribution is 6.67. The standard InChI is InChI=1S/C12H14Cl3N3O2/c1-19-10-4-3-8(7-11(10)20-2)9-5-6-16-17-18(9)12(13,14)15/h3-5,7,16-17H,6H2,1-2H3. The number of hydrazine groups is 2. The molecule has 8 heteroatoms. The van der Waals surface area contributed by atoms with E-state index in [1.165, 1.54) is 5.01 Å². The van der Waals surface area contributed by atoms with Gasteiger partial charge < -0.3 is 9.47 Å². The molecule has 0 spiro atoms. The van der Waals surface area contributed by atoms with Gasteiger partial charge in [0.15, 0.2) is 11.5 Å². The third-order valence-electron chi connectivity index (χ3n) is 2.76. The predicted molar refractivity (Wildman–Crippen MR) is 80.8 cm³/mol. The Morgan fingerprint density at radius 3 is 2.45 bits per heavy atom. The number of benzene rings is 1. The Hall–Kier alpha value is -0.850. The van der Waals surface area contributed by atoms with Gasteiger partial charge in [0.05, 0.1) is 19.9 Å². The number of hydrogen-bond donors (Lipinski definition) is 2. The van der Waals surface area contributed by atoms with Crippen LogP contribution in [0.25, 0.3) is 5.70 Å². The molecule has 1 aliphatic heterocycles. The number of alkyl halides is 3. The third kappa shape index (κ3) is 3.24. The van der Waals surface area contributed by atoms with E-state index in [1.807, 2.05) is 18.2 Å². The topological polar surface area (TPSA) is 45.8 Å². The highest BCUT2D eigenvalue weighted by Gasteiger charge is 2.33. The molecule has 1 aliphatic rings. The zero-order chi connectivity index (χ0) is 14.8. The van der Waals surface area contributed by atoms with Gasteiger partial charge in [0.2, 0.25) is 0 Å².